The summed E-state index contributed by atoms with van der Waals surface area (Å²) in [6.07, 6.45) is 0.392. The van der Waals surface area contributed by atoms with Crippen LogP contribution < -0.4 is 10.6 Å². The lowest BCUT2D eigenvalue weighted by Gasteiger charge is -2.14. The van der Waals surface area contributed by atoms with E-state index in [4.69, 9.17) is 0 Å². The van der Waals surface area contributed by atoms with Gasteiger partial charge in [-0.25, -0.2) is 14.8 Å². The van der Waals surface area contributed by atoms with Gasteiger partial charge in [-0.15, -0.1) is 0 Å². The summed E-state index contributed by atoms with van der Waals surface area (Å²) in [5.41, 5.74) is 2.87. The molecule has 0 saturated heterocycles. The molecule has 7 nitrogen and oxygen atoms in total. The molecule has 3 N–H and O–H groups in total. The Kier molecular flexibility index (Phi) is 7.60. The summed E-state index contributed by atoms with van der Waals surface area (Å²) in [7, 11) is 0. The highest BCUT2D eigenvalue weighted by Gasteiger charge is 2.20. The van der Waals surface area contributed by atoms with Crippen LogP contribution in [0.3, 0.4) is 0 Å². The van der Waals surface area contributed by atoms with Gasteiger partial charge >= 0.3 is 5.97 Å². The van der Waals surface area contributed by atoms with Gasteiger partial charge in [0.25, 0.3) is 5.91 Å². The molecule has 0 radical (unpaired) electrons. The van der Waals surface area contributed by atoms with Crippen molar-refractivity contribution in [1.82, 2.24) is 15.3 Å². The number of aryl methyl sites for hydroxylation is 2. The van der Waals surface area contributed by atoms with Gasteiger partial charge < -0.3 is 15.7 Å². The molecule has 0 aliphatic heterocycles. The summed E-state index contributed by atoms with van der Waals surface area (Å²) in [5.74, 6) is 0.665. The van der Waals surface area contributed by atoms with Gasteiger partial charge in [0.05, 0.1) is 0 Å². The van der Waals surface area contributed by atoms with E-state index in [2.05, 4.69) is 20.6 Å². The molecule has 0 fully saturated rings. The van der Waals surface area contributed by atoms with Gasteiger partial charge in [0, 0.05) is 22.6 Å². The Balaban J connectivity index is 2.00. The van der Waals surface area contributed by atoms with Crippen molar-refractivity contribution in [3.05, 3.63) is 47.3 Å². The normalized spacial score (nSPS) is 11.7. The minimum absolute atomic E-state index is 0.392. The number of carboxylic acid groups (broad SMARTS) is 1. The highest BCUT2D eigenvalue weighted by Crippen LogP contribution is 2.15. The van der Waals surface area contributed by atoms with Crippen LogP contribution in [0.4, 0.5) is 11.6 Å². The van der Waals surface area contributed by atoms with E-state index < -0.39 is 17.9 Å². The number of aromatic nitrogens is 2. The van der Waals surface area contributed by atoms with Gasteiger partial charge in [-0.3, -0.25) is 4.79 Å². The molecule has 27 heavy (non-hydrogen) atoms. The number of anilines is 2. The summed E-state index contributed by atoms with van der Waals surface area (Å²) in [6.45, 7) is 5.80. The molecule has 2 rings (SSSR count). The Hall–Kier alpha value is -2.61. The van der Waals surface area contributed by atoms with Gasteiger partial charge in [0.2, 0.25) is 5.95 Å². The van der Waals surface area contributed by atoms with E-state index in [0.717, 1.165) is 22.8 Å². The Morgan fingerprint density at radius 1 is 1.15 bits per heavy atom. The lowest BCUT2D eigenvalue weighted by atomic mass is 10.1. The second-order valence-electron chi connectivity index (χ2n) is 6.03. The zero-order chi connectivity index (χ0) is 19.8. The number of rotatable bonds is 9. The molecule has 0 aliphatic rings. The predicted octanol–water partition coefficient (Wildman–Crippen LogP) is 3.16. The fourth-order valence-corrected chi connectivity index (χ4v) is 3.15. The van der Waals surface area contributed by atoms with Crippen molar-refractivity contribution in [3.8, 4) is 0 Å². The van der Waals surface area contributed by atoms with E-state index in [1.165, 1.54) is 0 Å². The van der Waals surface area contributed by atoms with Gasteiger partial charge in [-0.2, -0.15) is 11.8 Å². The van der Waals surface area contributed by atoms with E-state index >= 15 is 0 Å². The molecular formula is C19H24N4O3S. The Labute approximate surface area is 163 Å². The van der Waals surface area contributed by atoms with Crippen LogP contribution in [-0.2, 0) is 4.79 Å². The van der Waals surface area contributed by atoms with E-state index in [1.807, 2.05) is 26.8 Å². The first-order valence-corrected chi connectivity index (χ1v) is 9.85. The zero-order valence-corrected chi connectivity index (χ0v) is 16.5. The zero-order valence-electron chi connectivity index (χ0n) is 15.7. The van der Waals surface area contributed by atoms with E-state index in [9.17, 15) is 14.7 Å². The van der Waals surface area contributed by atoms with Gasteiger partial charge in [-0.05, 0) is 62.1 Å². The van der Waals surface area contributed by atoms with Crippen molar-refractivity contribution < 1.29 is 14.7 Å². The first kappa shape index (κ1) is 20.7. The number of hydrogen-bond acceptors (Lipinski definition) is 6. The van der Waals surface area contributed by atoms with Crippen LogP contribution in [0.2, 0.25) is 0 Å². The highest BCUT2D eigenvalue weighted by atomic mass is 32.2. The Bertz CT molecular complexity index is 776. The number of hydrogen-bond donors (Lipinski definition) is 3. The third kappa shape index (κ3) is 6.56. The molecule has 0 spiro atoms. The molecule has 1 heterocycles. The molecule has 8 heteroatoms. The van der Waals surface area contributed by atoms with Crippen LogP contribution in [0, 0.1) is 13.8 Å². The minimum atomic E-state index is -1.02. The number of aliphatic carboxylic acids is 1. The molecule has 2 aromatic rings. The maximum Gasteiger partial charge on any atom is 0.326 e. The number of amides is 1. The number of nitrogens with zero attached hydrogens (tertiary/aromatic N) is 2. The summed E-state index contributed by atoms with van der Waals surface area (Å²) in [6, 6.07) is 7.74. The van der Waals surface area contributed by atoms with Crippen LogP contribution in [0.25, 0.3) is 0 Å². The first-order valence-electron chi connectivity index (χ1n) is 8.70. The van der Waals surface area contributed by atoms with Crippen molar-refractivity contribution in [2.24, 2.45) is 0 Å². The first-order chi connectivity index (χ1) is 12.9. The third-order valence-electron chi connectivity index (χ3n) is 3.74. The standard InChI is InChI=1S/C19H24N4O3S/c1-4-27-10-9-16(18(25)26)23-17(24)14-5-7-15(8-6-14)22-19-20-12(2)11-13(3)21-19/h5-8,11,16H,4,9-10H2,1-3H3,(H,23,24)(H,25,26)(H,20,21,22). The van der Waals surface area contributed by atoms with Crippen LogP contribution in [0.15, 0.2) is 30.3 Å². The number of thioether (sulfide) groups is 1. The van der Waals surface area contributed by atoms with Crippen molar-refractivity contribution in [3.63, 3.8) is 0 Å². The summed E-state index contributed by atoms with van der Waals surface area (Å²) >= 11 is 1.65. The van der Waals surface area contributed by atoms with Crippen molar-refractivity contribution in [2.45, 2.75) is 33.2 Å². The molecule has 1 amide bonds. The number of nitrogens with one attached hydrogen (secondary N) is 2. The second-order valence-corrected chi connectivity index (χ2v) is 7.42. The van der Waals surface area contributed by atoms with Crippen LogP contribution in [0.1, 0.15) is 35.1 Å². The quantitative estimate of drug-likeness (QED) is 0.567. The van der Waals surface area contributed by atoms with E-state index in [1.54, 1.807) is 36.0 Å². The summed E-state index contributed by atoms with van der Waals surface area (Å²) in [4.78, 5) is 32.3. The van der Waals surface area contributed by atoms with Gasteiger partial charge in [-0.1, -0.05) is 6.92 Å². The SMILES string of the molecule is CCSCCC(NC(=O)c1ccc(Nc2nc(C)cc(C)n2)cc1)C(=O)O. The monoisotopic (exact) mass is 388 g/mol. The maximum absolute atomic E-state index is 12.3. The Morgan fingerprint density at radius 2 is 1.78 bits per heavy atom. The molecular weight excluding hydrogens is 364 g/mol. The summed E-state index contributed by atoms with van der Waals surface area (Å²) in [5, 5.41) is 14.9. The van der Waals surface area contributed by atoms with E-state index in [0.29, 0.717) is 23.7 Å². The molecule has 0 aliphatic carbocycles. The Morgan fingerprint density at radius 3 is 2.33 bits per heavy atom. The largest absolute Gasteiger partial charge is 0.480 e. The maximum atomic E-state index is 12.3. The van der Waals surface area contributed by atoms with Crippen molar-refractivity contribution in [1.29, 1.82) is 0 Å². The van der Waals surface area contributed by atoms with E-state index in [-0.39, 0.29) is 0 Å². The van der Waals surface area contributed by atoms with Gasteiger partial charge in [0.1, 0.15) is 6.04 Å². The molecule has 1 unspecified atom stereocenters. The predicted molar refractivity (Wildman–Crippen MR) is 108 cm³/mol. The van der Waals surface area contributed by atoms with Crippen LogP contribution in [0.5, 0.6) is 0 Å². The fraction of sp³-hybridized carbons (Fsp3) is 0.368. The number of carbonyl (C=O) groups is 2. The average Bonchev–Trinajstić information content (AvgIpc) is 2.60. The van der Waals surface area contributed by atoms with Crippen LogP contribution in [-0.4, -0.2) is 44.5 Å². The summed E-state index contributed by atoms with van der Waals surface area (Å²) < 4.78 is 0. The molecule has 1 aromatic carbocycles. The smallest absolute Gasteiger partial charge is 0.326 e. The molecule has 0 saturated carbocycles. The number of carboxylic acids is 1. The molecule has 1 atom stereocenters. The minimum Gasteiger partial charge on any atom is -0.480 e. The fourth-order valence-electron chi connectivity index (χ4n) is 2.46. The molecule has 144 valence electrons. The molecule has 1 aromatic heterocycles. The van der Waals surface area contributed by atoms with Gasteiger partial charge in [0.15, 0.2) is 0 Å². The molecule has 0 bridgehead atoms. The van der Waals surface area contributed by atoms with Crippen LogP contribution >= 0.6 is 11.8 Å². The number of carbonyl (C=O) groups excluding carboxylic acids is 1. The lowest BCUT2D eigenvalue weighted by Crippen LogP contribution is -2.41. The second kappa shape index (κ2) is 9.91. The topological polar surface area (TPSA) is 104 Å². The van der Waals surface area contributed by atoms with Crippen molar-refractivity contribution >= 4 is 35.3 Å². The van der Waals surface area contributed by atoms with Crippen molar-refractivity contribution in [2.75, 3.05) is 16.8 Å². The third-order valence-corrected chi connectivity index (χ3v) is 4.68. The average molecular weight is 388 g/mol. The lowest BCUT2D eigenvalue weighted by molar-refractivity contribution is -0.139. The highest BCUT2D eigenvalue weighted by molar-refractivity contribution is 7.99. The number of benzene rings is 1.